The van der Waals surface area contributed by atoms with Crippen molar-refractivity contribution in [1.29, 1.82) is 0 Å². The van der Waals surface area contributed by atoms with E-state index in [0.29, 0.717) is 16.8 Å². The number of Topliss-reactive ketones (excluding diaryl/α,β-unsaturated/α-hetero) is 1. The van der Waals surface area contributed by atoms with Gasteiger partial charge in [-0.1, -0.05) is 43.8 Å². The predicted molar refractivity (Wildman–Crippen MR) is 214 cm³/mol. The van der Waals surface area contributed by atoms with Crippen molar-refractivity contribution in [2.24, 2.45) is 35.5 Å². The molecule has 310 valence electrons. The van der Waals surface area contributed by atoms with Gasteiger partial charge in [-0.25, -0.2) is 0 Å². The molecule has 11 nitrogen and oxygen atoms in total. The van der Waals surface area contributed by atoms with Gasteiger partial charge in [0.1, 0.15) is 18.3 Å². The third-order valence-corrected chi connectivity index (χ3v) is 14.4. The molecule has 17 atom stereocenters. The Morgan fingerprint density at radius 1 is 0.927 bits per heavy atom. The number of allylic oxidation sites excluding steroid dienone is 4. The average Bonchev–Trinajstić information content (AvgIpc) is 3.74. The molecule has 0 bridgehead atoms. The molecule has 3 aliphatic carbocycles. The first-order valence-electron chi connectivity index (χ1n) is 20.6. The molecule has 0 aromatic carbocycles. The molecule has 0 aromatic rings. The van der Waals surface area contributed by atoms with Gasteiger partial charge in [-0.15, -0.1) is 0 Å². The summed E-state index contributed by atoms with van der Waals surface area (Å²) in [6, 6.07) is 0.332. The van der Waals surface area contributed by atoms with Gasteiger partial charge in [0.05, 0.1) is 30.8 Å². The van der Waals surface area contributed by atoms with Crippen LogP contribution < -0.4 is 0 Å². The van der Waals surface area contributed by atoms with Crippen molar-refractivity contribution in [3.05, 3.63) is 23.8 Å². The minimum Gasteiger partial charge on any atom is -0.470 e. The highest BCUT2D eigenvalue weighted by Gasteiger charge is 2.53. The topological polar surface area (TPSA) is 111 Å². The zero-order valence-electron chi connectivity index (χ0n) is 34.3. The maximum absolute atomic E-state index is 14.7. The highest BCUT2D eigenvalue weighted by atomic mass is 32.2. The number of thiocarbonyl (C=S) groups is 1. The number of ether oxygens (including phenoxy) is 8. The van der Waals surface area contributed by atoms with E-state index in [1.54, 1.807) is 14.2 Å². The standard InChI is InChI=1S/C42H65NO10S2/c1-10-26-12-11-13-34(52-36-17-16-33(43(5)6)23(3)48-36)22(2)37(45)32-20-30-28(31(32)21-35(44)50-26)15-14-25-18-27(19-29(25)30)51-41-40(47-8)39(46-7)38(24(4)49-41)53-42(54)55-9/h14-15,20,22-31,33-34,36,38-41H,10-13,16-19,21H2,1-9H3/t22-,23+,24-,25+,26+,27+,28+,29+,30+,31-,33-,34-,36-,38-,39+,40+,41-/m0/s1. The van der Waals surface area contributed by atoms with Gasteiger partial charge in [0.25, 0.3) is 0 Å². The number of cyclic esters (lactones) is 1. The number of ketones is 1. The molecule has 3 aliphatic heterocycles. The van der Waals surface area contributed by atoms with Crippen LogP contribution in [0.15, 0.2) is 23.8 Å². The zero-order valence-corrected chi connectivity index (χ0v) is 35.9. The van der Waals surface area contributed by atoms with Crippen LogP contribution in [0.2, 0.25) is 0 Å². The lowest BCUT2D eigenvalue weighted by Gasteiger charge is -2.44. The van der Waals surface area contributed by atoms with Gasteiger partial charge in [-0.05, 0) is 127 Å². The predicted octanol–water partition coefficient (Wildman–Crippen LogP) is 6.51. The summed E-state index contributed by atoms with van der Waals surface area (Å²) in [6.45, 7) is 8.13. The summed E-state index contributed by atoms with van der Waals surface area (Å²) in [7, 11) is 7.45. The van der Waals surface area contributed by atoms with E-state index < -0.39 is 24.6 Å². The highest BCUT2D eigenvalue weighted by Crippen LogP contribution is 2.54. The van der Waals surface area contributed by atoms with E-state index in [2.05, 4.69) is 51.1 Å². The monoisotopic (exact) mass is 807 g/mol. The van der Waals surface area contributed by atoms with Crippen molar-refractivity contribution in [2.45, 2.75) is 153 Å². The van der Waals surface area contributed by atoms with Gasteiger partial charge in [0.2, 0.25) is 4.38 Å². The number of hydrogen-bond acceptors (Lipinski definition) is 13. The van der Waals surface area contributed by atoms with Gasteiger partial charge in [0.15, 0.2) is 24.5 Å². The number of nitrogens with zero attached hydrogens (tertiary/aromatic N) is 1. The van der Waals surface area contributed by atoms with Crippen molar-refractivity contribution < 1.29 is 47.5 Å². The third-order valence-electron chi connectivity index (χ3n) is 13.4. The Balaban J connectivity index is 1.19. The van der Waals surface area contributed by atoms with Crippen LogP contribution >= 0.6 is 24.0 Å². The first-order chi connectivity index (χ1) is 26.4. The molecular formula is C42H65NO10S2. The van der Waals surface area contributed by atoms with E-state index in [-0.39, 0.29) is 90.5 Å². The summed E-state index contributed by atoms with van der Waals surface area (Å²) in [6.07, 6.45) is 12.0. The van der Waals surface area contributed by atoms with Crippen LogP contribution in [0.25, 0.3) is 0 Å². The number of esters is 1. The van der Waals surface area contributed by atoms with Crippen molar-refractivity contribution in [2.75, 3.05) is 34.6 Å². The van der Waals surface area contributed by atoms with Gasteiger partial charge < -0.3 is 42.8 Å². The number of carbonyl (C=O) groups is 2. The molecule has 13 heteroatoms. The summed E-state index contributed by atoms with van der Waals surface area (Å²) < 4.78 is 50.6. The Morgan fingerprint density at radius 2 is 1.69 bits per heavy atom. The zero-order chi connectivity index (χ0) is 39.6. The molecule has 1 saturated carbocycles. The number of hydrogen-bond donors (Lipinski definition) is 0. The molecular weight excluding hydrogens is 743 g/mol. The quantitative estimate of drug-likeness (QED) is 0.144. The normalized spacial score (nSPS) is 43.7. The minimum absolute atomic E-state index is 0.0281. The summed E-state index contributed by atoms with van der Waals surface area (Å²) in [5.74, 6) is -0.113. The molecule has 0 N–H and O–H groups in total. The Hall–Kier alpha value is -1.42. The van der Waals surface area contributed by atoms with E-state index in [9.17, 15) is 9.59 Å². The summed E-state index contributed by atoms with van der Waals surface area (Å²) in [5.41, 5.74) is 0.753. The van der Waals surface area contributed by atoms with Crippen molar-refractivity contribution >= 4 is 40.1 Å². The molecule has 0 amide bonds. The molecule has 55 heavy (non-hydrogen) atoms. The number of rotatable bonds is 9. The molecule has 6 aliphatic rings. The van der Waals surface area contributed by atoms with Crippen LogP contribution in [0.5, 0.6) is 0 Å². The third kappa shape index (κ3) is 9.57. The van der Waals surface area contributed by atoms with Crippen LogP contribution in [0.1, 0.15) is 85.5 Å². The Labute approximate surface area is 338 Å². The molecule has 0 aromatic heterocycles. The first kappa shape index (κ1) is 43.2. The molecule has 3 heterocycles. The second-order valence-corrected chi connectivity index (χ2v) is 18.2. The molecule has 6 rings (SSSR count). The van der Waals surface area contributed by atoms with E-state index in [0.717, 1.165) is 50.5 Å². The highest BCUT2D eigenvalue weighted by molar-refractivity contribution is 8.22. The lowest BCUT2D eigenvalue weighted by molar-refractivity contribution is -0.309. The number of methoxy groups -OCH3 is 2. The lowest BCUT2D eigenvalue weighted by atomic mass is 9.70. The fourth-order valence-electron chi connectivity index (χ4n) is 10.4. The number of thioether (sulfide) groups is 1. The minimum atomic E-state index is -0.653. The van der Waals surface area contributed by atoms with Gasteiger partial charge in [0, 0.05) is 32.1 Å². The molecule has 4 fully saturated rings. The molecule has 0 radical (unpaired) electrons. The number of fused-ring (bicyclic) bond motifs is 5. The largest absolute Gasteiger partial charge is 0.470 e. The second kappa shape index (κ2) is 19.1. The lowest BCUT2D eigenvalue weighted by Crippen LogP contribution is -2.60. The SMILES string of the molecule is CC[C@@H]1CCC[C@H](O[C@H]2CC[C@H](N(C)C)[C@@H](C)O2)[C@H](C)C(=O)C2=C[C@@H]3[C@@H](C=C[C@@H]4C[C@@H](O[C@@H]5O[C@@H](C)[C@H](OC(=S)SC)[C@@H](OC)[C@H]5OC)C[C@@H]34)[C@@H]2CC(=O)O1. The molecule has 3 saturated heterocycles. The maximum atomic E-state index is 14.7. The van der Waals surface area contributed by atoms with Crippen LogP contribution in [-0.4, -0.2) is 123 Å². The first-order valence-corrected chi connectivity index (χ1v) is 22.2. The summed E-state index contributed by atoms with van der Waals surface area (Å²) >= 11 is 6.72. The van der Waals surface area contributed by atoms with Crippen molar-refractivity contribution in [3.8, 4) is 0 Å². The molecule has 0 spiro atoms. The average molecular weight is 808 g/mol. The van der Waals surface area contributed by atoms with E-state index >= 15 is 0 Å². The van der Waals surface area contributed by atoms with E-state index in [4.69, 9.17) is 50.1 Å². The fraction of sp³-hybridized carbons (Fsp3) is 0.833. The Kier molecular flexibility index (Phi) is 15.0. The van der Waals surface area contributed by atoms with Crippen LogP contribution in [-0.2, 0) is 47.5 Å². The Morgan fingerprint density at radius 3 is 2.36 bits per heavy atom. The van der Waals surface area contributed by atoms with Gasteiger partial charge in [-0.3, -0.25) is 9.59 Å². The van der Waals surface area contributed by atoms with Crippen molar-refractivity contribution in [1.82, 2.24) is 4.90 Å². The second-order valence-electron chi connectivity index (χ2n) is 16.8. The smallest absolute Gasteiger partial charge is 0.306 e. The summed E-state index contributed by atoms with van der Waals surface area (Å²) in [4.78, 5) is 30.5. The molecule has 0 unspecified atom stereocenters. The fourth-order valence-corrected chi connectivity index (χ4v) is 10.7. The number of likely N-dealkylation sites (N-methyl/N-ethyl adjacent to an activating group) is 1. The van der Waals surface area contributed by atoms with E-state index in [1.165, 1.54) is 11.8 Å². The van der Waals surface area contributed by atoms with Crippen molar-refractivity contribution in [3.63, 3.8) is 0 Å². The number of carbonyl (C=O) groups excluding carboxylic acids is 2. The summed E-state index contributed by atoms with van der Waals surface area (Å²) in [5, 5.41) is 0. The van der Waals surface area contributed by atoms with Crippen LogP contribution in [0.4, 0.5) is 0 Å². The van der Waals surface area contributed by atoms with Crippen LogP contribution in [0.3, 0.4) is 0 Å². The maximum Gasteiger partial charge on any atom is 0.306 e. The van der Waals surface area contributed by atoms with Gasteiger partial charge in [-0.2, -0.15) is 0 Å². The Bertz CT molecular complexity index is 1410. The van der Waals surface area contributed by atoms with Crippen LogP contribution in [0, 0.1) is 35.5 Å². The van der Waals surface area contributed by atoms with E-state index in [1.807, 2.05) is 20.1 Å². The van der Waals surface area contributed by atoms with Gasteiger partial charge >= 0.3 is 5.97 Å².